The van der Waals surface area contributed by atoms with Crippen LogP contribution in [0, 0.1) is 0 Å². The third-order valence-electron chi connectivity index (χ3n) is 8.90. The SMILES string of the molecule is CC(C)[Si](c1cc2c(s1)-c1sccc1C2(CCCCCCBr)CCCCCCBr)(C(C)C)C(C)C. The van der Waals surface area contributed by atoms with Gasteiger partial charge in [0.05, 0.1) is 0 Å². The second-order valence-electron chi connectivity index (χ2n) is 11.7. The minimum atomic E-state index is -1.64. The van der Waals surface area contributed by atoms with Crippen molar-refractivity contribution in [3.8, 4) is 9.75 Å². The zero-order valence-electron chi connectivity index (χ0n) is 23.0. The van der Waals surface area contributed by atoms with E-state index in [1.54, 1.807) is 25.4 Å². The topological polar surface area (TPSA) is 0 Å². The van der Waals surface area contributed by atoms with Crippen LogP contribution in [0.3, 0.4) is 0 Å². The van der Waals surface area contributed by atoms with Crippen molar-refractivity contribution in [3.05, 3.63) is 28.6 Å². The first-order valence-corrected chi connectivity index (χ1v) is 20.3. The molecular formula is C30H48Br2S2Si. The van der Waals surface area contributed by atoms with Crippen LogP contribution in [0.5, 0.6) is 0 Å². The van der Waals surface area contributed by atoms with E-state index in [4.69, 9.17) is 0 Å². The normalized spacial score (nSPS) is 14.9. The Morgan fingerprint density at radius 2 is 1.23 bits per heavy atom. The number of halogens is 2. The van der Waals surface area contributed by atoms with E-state index in [9.17, 15) is 0 Å². The molecule has 0 saturated carbocycles. The van der Waals surface area contributed by atoms with Crippen molar-refractivity contribution in [1.82, 2.24) is 0 Å². The number of fused-ring (bicyclic) bond motifs is 3. The van der Waals surface area contributed by atoms with Gasteiger partial charge in [-0.3, -0.25) is 0 Å². The third kappa shape index (κ3) is 5.94. The fraction of sp³-hybridized carbons (Fsp3) is 0.733. The molecule has 0 atom stereocenters. The largest absolute Gasteiger partial charge is 0.144 e. The Morgan fingerprint density at radius 3 is 1.71 bits per heavy atom. The smallest absolute Gasteiger partial charge is 0.107 e. The minimum Gasteiger partial charge on any atom is -0.144 e. The maximum Gasteiger partial charge on any atom is 0.107 e. The predicted octanol–water partition coefficient (Wildman–Crippen LogP) is 11.7. The van der Waals surface area contributed by atoms with Gasteiger partial charge >= 0.3 is 0 Å². The van der Waals surface area contributed by atoms with Gasteiger partial charge in [0, 0.05) is 25.8 Å². The van der Waals surface area contributed by atoms with Crippen LogP contribution in [-0.4, -0.2) is 18.7 Å². The third-order valence-corrected chi connectivity index (χ3v) is 20.1. The maximum absolute atomic E-state index is 3.63. The molecule has 0 N–H and O–H groups in total. The zero-order chi connectivity index (χ0) is 25.6. The van der Waals surface area contributed by atoms with Crippen molar-refractivity contribution in [3.63, 3.8) is 0 Å². The molecule has 0 aliphatic heterocycles. The van der Waals surface area contributed by atoms with Crippen molar-refractivity contribution >= 4 is 67.1 Å². The van der Waals surface area contributed by atoms with E-state index in [-0.39, 0.29) is 5.41 Å². The van der Waals surface area contributed by atoms with Crippen molar-refractivity contribution in [2.24, 2.45) is 0 Å². The second-order valence-corrected chi connectivity index (χ2v) is 21.5. The molecule has 198 valence electrons. The fourth-order valence-corrected chi connectivity index (χ4v) is 19.6. The molecule has 0 fully saturated rings. The highest BCUT2D eigenvalue weighted by molar-refractivity contribution is 9.09. The first kappa shape index (κ1) is 30.1. The van der Waals surface area contributed by atoms with Crippen molar-refractivity contribution < 1.29 is 0 Å². The zero-order valence-corrected chi connectivity index (χ0v) is 28.8. The first-order chi connectivity index (χ1) is 16.8. The van der Waals surface area contributed by atoms with E-state index in [2.05, 4.69) is 102 Å². The van der Waals surface area contributed by atoms with Gasteiger partial charge in [-0.25, -0.2) is 0 Å². The molecule has 0 aromatic carbocycles. The number of thiophene rings is 2. The fourth-order valence-electron chi connectivity index (χ4n) is 7.40. The van der Waals surface area contributed by atoms with E-state index in [0.717, 1.165) is 27.3 Å². The van der Waals surface area contributed by atoms with Crippen LogP contribution in [0.2, 0.25) is 16.6 Å². The molecule has 0 nitrogen and oxygen atoms in total. The van der Waals surface area contributed by atoms with Crippen LogP contribution in [0.1, 0.15) is 117 Å². The summed E-state index contributed by atoms with van der Waals surface area (Å²) in [6.45, 7) is 15.1. The maximum atomic E-state index is 3.63. The number of alkyl halides is 2. The average molecular weight is 661 g/mol. The molecule has 0 spiro atoms. The van der Waals surface area contributed by atoms with Gasteiger partial charge in [0.1, 0.15) is 8.07 Å². The summed E-state index contributed by atoms with van der Waals surface area (Å²) in [5.74, 6) is 0. The molecule has 0 amide bonds. The van der Waals surface area contributed by atoms with Crippen LogP contribution >= 0.6 is 54.5 Å². The molecule has 2 aromatic rings. The van der Waals surface area contributed by atoms with Gasteiger partial charge in [-0.2, -0.15) is 0 Å². The number of hydrogen-bond acceptors (Lipinski definition) is 2. The van der Waals surface area contributed by atoms with Crippen LogP contribution in [-0.2, 0) is 5.41 Å². The van der Waals surface area contributed by atoms with Gasteiger partial charge in [0.15, 0.2) is 0 Å². The molecule has 35 heavy (non-hydrogen) atoms. The Bertz CT molecular complexity index is 876. The highest BCUT2D eigenvalue weighted by Gasteiger charge is 2.50. The number of rotatable bonds is 16. The lowest BCUT2D eigenvalue weighted by molar-refractivity contribution is 0.402. The quantitative estimate of drug-likeness (QED) is 0.0955. The molecule has 0 saturated heterocycles. The molecule has 5 heteroatoms. The van der Waals surface area contributed by atoms with E-state index in [1.807, 2.05) is 11.3 Å². The lowest BCUT2D eigenvalue weighted by atomic mass is 9.71. The monoisotopic (exact) mass is 658 g/mol. The summed E-state index contributed by atoms with van der Waals surface area (Å²) in [6, 6.07) is 5.29. The van der Waals surface area contributed by atoms with Gasteiger partial charge in [0.25, 0.3) is 0 Å². The van der Waals surface area contributed by atoms with Gasteiger partial charge in [0.2, 0.25) is 0 Å². The van der Waals surface area contributed by atoms with Crippen LogP contribution in [0.4, 0.5) is 0 Å². The van der Waals surface area contributed by atoms with Crippen LogP contribution < -0.4 is 4.50 Å². The summed E-state index contributed by atoms with van der Waals surface area (Å²) in [5, 5.41) is 4.67. The Kier molecular flexibility index (Phi) is 11.7. The molecule has 1 aliphatic rings. The summed E-state index contributed by atoms with van der Waals surface area (Å²) in [4.78, 5) is 3.28. The van der Waals surface area contributed by atoms with Gasteiger partial charge in [-0.15, -0.1) is 22.7 Å². The van der Waals surface area contributed by atoms with Gasteiger partial charge < -0.3 is 0 Å². The molecule has 0 bridgehead atoms. The van der Waals surface area contributed by atoms with Crippen LogP contribution in [0.15, 0.2) is 17.5 Å². The van der Waals surface area contributed by atoms with E-state index >= 15 is 0 Å². The minimum absolute atomic E-state index is 0.257. The molecular weight excluding hydrogens is 612 g/mol. The van der Waals surface area contributed by atoms with E-state index in [0.29, 0.717) is 0 Å². The summed E-state index contributed by atoms with van der Waals surface area (Å²) in [6.07, 6.45) is 13.4. The molecule has 2 aromatic heterocycles. The molecule has 3 rings (SSSR count). The van der Waals surface area contributed by atoms with E-state index in [1.165, 1.54) is 64.2 Å². The van der Waals surface area contributed by atoms with Crippen molar-refractivity contribution in [1.29, 1.82) is 0 Å². The predicted molar refractivity (Wildman–Crippen MR) is 173 cm³/mol. The summed E-state index contributed by atoms with van der Waals surface area (Å²) < 4.78 is 1.80. The molecule has 0 radical (unpaired) electrons. The van der Waals surface area contributed by atoms with Gasteiger partial charge in [-0.05, 0) is 75.4 Å². The first-order valence-electron chi connectivity index (χ1n) is 14.1. The Morgan fingerprint density at radius 1 is 0.714 bits per heavy atom. The Hall–Kier alpha value is 0.577. The highest BCUT2D eigenvalue weighted by atomic mass is 79.9. The number of hydrogen-bond donors (Lipinski definition) is 0. The van der Waals surface area contributed by atoms with Crippen molar-refractivity contribution in [2.75, 3.05) is 10.7 Å². The molecule has 0 unspecified atom stereocenters. The number of unbranched alkanes of at least 4 members (excludes halogenated alkanes) is 6. The second kappa shape index (κ2) is 13.6. The van der Waals surface area contributed by atoms with Gasteiger partial charge in [-0.1, -0.05) is 112 Å². The lowest BCUT2D eigenvalue weighted by Crippen LogP contribution is -2.54. The standard InChI is InChI=1S/C30H48Br2S2Si/c1-22(2)35(23(3)4,24(5)6)27-21-26-29(34-27)28-25(15-20-33-28)30(26,16-11-7-9-13-18-31)17-12-8-10-14-19-32/h15,20-24H,7-14,16-19H2,1-6H3. The Labute approximate surface area is 242 Å². The summed E-state index contributed by atoms with van der Waals surface area (Å²) in [7, 11) is -1.64. The highest BCUT2D eigenvalue weighted by Crippen LogP contribution is 2.58. The average Bonchev–Trinajstić information content (AvgIpc) is 3.49. The summed E-state index contributed by atoms with van der Waals surface area (Å²) in [5.41, 5.74) is 5.99. The molecule has 1 aliphatic carbocycles. The van der Waals surface area contributed by atoms with Crippen LogP contribution in [0.25, 0.3) is 9.75 Å². The van der Waals surface area contributed by atoms with E-state index < -0.39 is 8.07 Å². The molecule has 2 heterocycles. The Balaban J connectivity index is 2.04. The van der Waals surface area contributed by atoms with Crippen molar-refractivity contribution in [2.45, 2.75) is 128 Å². The summed E-state index contributed by atoms with van der Waals surface area (Å²) >= 11 is 11.5. The lowest BCUT2D eigenvalue weighted by Gasteiger charge is -2.42.